The second-order valence-electron chi connectivity index (χ2n) is 5.21. The minimum Gasteiger partial charge on any atom is -0.340 e. The Bertz CT molecular complexity index is 802. The lowest BCUT2D eigenvalue weighted by molar-refractivity contribution is -0.114. The highest BCUT2D eigenvalue weighted by molar-refractivity contribution is 7.90. The molecule has 3 N–H and O–H groups in total. The van der Waals surface area contributed by atoms with Crippen molar-refractivity contribution >= 4 is 39.0 Å². The van der Waals surface area contributed by atoms with E-state index in [0.717, 1.165) is 9.99 Å². The van der Waals surface area contributed by atoms with Crippen LogP contribution in [0.25, 0.3) is 0 Å². The van der Waals surface area contributed by atoms with E-state index < -0.39 is 10.2 Å². The van der Waals surface area contributed by atoms with Gasteiger partial charge in [0, 0.05) is 32.4 Å². The van der Waals surface area contributed by atoms with Gasteiger partial charge in [-0.25, -0.2) is 4.98 Å². The number of carbonyl (C=O) groups excluding carboxylic acids is 1. The number of carbonyl (C=O) groups is 1. The summed E-state index contributed by atoms with van der Waals surface area (Å²) in [6.45, 7) is 1.45. The molecule has 0 bridgehead atoms. The number of hydrogen-bond donors (Lipinski definition) is 3. The lowest BCUT2D eigenvalue weighted by atomic mass is 10.2. The predicted octanol–water partition coefficient (Wildman–Crippen LogP) is 2.00. The zero-order valence-electron chi connectivity index (χ0n) is 13.6. The van der Waals surface area contributed by atoms with E-state index in [-0.39, 0.29) is 5.91 Å². The zero-order valence-corrected chi connectivity index (χ0v) is 14.4. The van der Waals surface area contributed by atoms with Crippen LogP contribution >= 0.6 is 0 Å². The Kier molecular flexibility index (Phi) is 5.37. The second kappa shape index (κ2) is 7.28. The summed E-state index contributed by atoms with van der Waals surface area (Å²) < 4.78 is 26.9. The van der Waals surface area contributed by atoms with Crippen LogP contribution < -0.4 is 15.4 Å². The minimum absolute atomic E-state index is 0.131. The van der Waals surface area contributed by atoms with E-state index in [0.29, 0.717) is 17.2 Å². The molecule has 0 saturated carbocycles. The molecule has 0 saturated heterocycles. The molecular formula is C15H19N5O3S. The third-order valence-electron chi connectivity index (χ3n) is 2.97. The van der Waals surface area contributed by atoms with Gasteiger partial charge in [-0.1, -0.05) is 0 Å². The monoisotopic (exact) mass is 349 g/mol. The first-order chi connectivity index (χ1) is 11.3. The van der Waals surface area contributed by atoms with Gasteiger partial charge < -0.3 is 10.6 Å². The van der Waals surface area contributed by atoms with Crippen molar-refractivity contribution in [2.75, 3.05) is 29.5 Å². The Morgan fingerprint density at radius 1 is 1.00 bits per heavy atom. The first kappa shape index (κ1) is 17.7. The molecule has 1 aromatic heterocycles. The Hall–Kier alpha value is -2.65. The van der Waals surface area contributed by atoms with Crippen LogP contribution in [-0.2, 0) is 15.0 Å². The van der Waals surface area contributed by atoms with E-state index in [1.807, 2.05) is 0 Å². The van der Waals surface area contributed by atoms with E-state index in [1.54, 1.807) is 36.4 Å². The number of rotatable bonds is 6. The van der Waals surface area contributed by atoms with Gasteiger partial charge >= 0.3 is 10.2 Å². The van der Waals surface area contributed by atoms with Crippen LogP contribution in [0.4, 0.5) is 22.9 Å². The number of pyridine rings is 1. The van der Waals surface area contributed by atoms with Crippen molar-refractivity contribution in [1.82, 2.24) is 9.29 Å². The van der Waals surface area contributed by atoms with Gasteiger partial charge in [-0.2, -0.15) is 12.7 Å². The van der Waals surface area contributed by atoms with Crippen LogP contribution in [0.1, 0.15) is 6.92 Å². The number of hydrogen-bond acceptors (Lipinski definition) is 5. The third kappa shape index (κ3) is 4.93. The molecule has 0 radical (unpaired) electrons. The van der Waals surface area contributed by atoms with Crippen molar-refractivity contribution in [3.05, 3.63) is 42.6 Å². The van der Waals surface area contributed by atoms with Gasteiger partial charge in [-0.05, 0) is 36.4 Å². The van der Waals surface area contributed by atoms with Gasteiger partial charge in [0.25, 0.3) is 0 Å². The Labute approximate surface area is 141 Å². The minimum atomic E-state index is -3.55. The predicted molar refractivity (Wildman–Crippen MR) is 94.5 cm³/mol. The first-order valence-corrected chi connectivity index (χ1v) is 8.51. The van der Waals surface area contributed by atoms with Crippen molar-refractivity contribution in [3.8, 4) is 0 Å². The lowest BCUT2D eigenvalue weighted by Gasteiger charge is -2.13. The summed E-state index contributed by atoms with van der Waals surface area (Å²) in [6, 6.07) is 10.4. The summed E-state index contributed by atoms with van der Waals surface area (Å²) in [6.07, 6.45) is 1.43. The van der Waals surface area contributed by atoms with Crippen LogP contribution in [0.5, 0.6) is 0 Å². The Balaban J connectivity index is 2.02. The van der Waals surface area contributed by atoms with E-state index in [4.69, 9.17) is 0 Å². The van der Waals surface area contributed by atoms with Crippen molar-refractivity contribution in [2.45, 2.75) is 6.92 Å². The van der Waals surface area contributed by atoms with Crippen LogP contribution in [0, 0.1) is 0 Å². The first-order valence-electron chi connectivity index (χ1n) is 7.07. The molecule has 0 spiro atoms. The largest absolute Gasteiger partial charge is 0.340 e. The SMILES string of the molecule is CC(=O)Nc1ccc(Nc2ccc(NS(=O)(=O)N(C)C)cn2)cc1. The Morgan fingerprint density at radius 2 is 1.58 bits per heavy atom. The average molecular weight is 349 g/mol. The molecule has 24 heavy (non-hydrogen) atoms. The van der Waals surface area contributed by atoms with Crippen molar-refractivity contribution < 1.29 is 13.2 Å². The summed E-state index contributed by atoms with van der Waals surface area (Å²) in [4.78, 5) is 15.1. The maximum Gasteiger partial charge on any atom is 0.301 e. The van der Waals surface area contributed by atoms with Gasteiger partial charge in [-0.3, -0.25) is 9.52 Å². The summed E-state index contributed by atoms with van der Waals surface area (Å²) in [7, 11) is -0.668. The van der Waals surface area contributed by atoms with Crippen LogP contribution in [-0.4, -0.2) is 37.7 Å². The van der Waals surface area contributed by atoms with E-state index in [9.17, 15) is 13.2 Å². The van der Waals surface area contributed by atoms with Gasteiger partial charge in [0.2, 0.25) is 5.91 Å². The van der Waals surface area contributed by atoms with Crippen molar-refractivity contribution in [1.29, 1.82) is 0 Å². The molecule has 8 nitrogen and oxygen atoms in total. The van der Waals surface area contributed by atoms with E-state index >= 15 is 0 Å². The van der Waals surface area contributed by atoms with E-state index in [1.165, 1.54) is 27.2 Å². The fraction of sp³-hybridized carbons (Fsp3) is 0.200. The van der Waals surface area contributed by atoms with Crippen molar-refractivity contribution in [2.24, 2.45) is 0 Å². The topological polar surface area (TPSA) is 103 Å². The van der Waals surface area contributed by atoms with Crippen LogP contribution in [0.3, 0.4) is 0 Å². The zero-order chi connectivity index (χ0) is 17.7. The molecule has 0 aliphatic carbocycles. The molecule has 0 atom stereocenters. The van der Waals surface area contributed by atoms with Gasteiger partial charge in [0.15, 0.2) is 0 Å². The van der Waals surface area contributed by atoms with E-state index in [2.05, 4.69) is 20.3 Å². The second-order valence-corrected chi connectivity index (χ2v) is 7.09. The molecule has 2 rings (SSSR count). The molecule has 1 aromatic carbocycles. The molecule has 0 aliphatic rings. The molecule has 0 aliphatic heterocycles. The maximum absolute atomic E-state index is 11.7. The highest BCUT2D eigenvalue weighted by atomic mass is 32.2. The number of benzene rings is 1. The molecule has 9 heteroatoms. The summed E-state index contributed by atoms with van der Waals surface area (Å²) in [5.41, 5.74) is 1.86. The third-order valence-corrected chi connectivity index (χ3v) is 4.42. The molecule has 128 valence electrons. The van der Waals surface area contributed by atoms with Crippen molar-refractivity contribution in [3.63, 3.8) is 0 Å². The highest BCUT2D eigenvalue weighted by Crippen LogP contribution is 2.19. The molecule has 1 heterocycles. The fourth-order valence-electron chi connectivity index (χ4n) is 1.76. The number of nitrogens with zero attached hydrogens (tertiary/aromatic N) is 2. The standard InChI is InChI=1S/C15H19N5O3S/c1-11(21)17-12-4-6-13(7-5-12)18-15-9-8-14(10-16-15)19-24(22,23)20(2)3/h4-10,19H,1-3H3,(H,16,18)(H,17,21). The normalized spacial score (nSPS) is 11.2. The van der Waals surface area contributed by atoms with Crippen LogP contribution in [0.2, 0.25) is 0 Å². The number of anilines is 4. The number of aromatic nitrogens is 1. The molecule has 1 amide bonds. The van der Waals surface area contributed by atoms with Gasteiger partial charge in [0.1, 0.15) is 5.82 Å². The van der Waals surface area contributed by atoms with Crippen LogP contribution in [0.15, 0.2) is 42.6 Å². The average Bonchev–Trinajstić information content (AvgIpc) is 2.50. The molecule has 0 fully saturated rings. The number of nitrogens with one attached hydrogen (secondary N) is 3. The maximum atomic E-state index is 11.7. The molecule has 0 unspecified atom stereocenters. The summed E-state index contributed by atoms with van der Waals surface area (Å²) in [5, 5.41) is 5.77. The van der Waals surface area contributed by atoms with Gasteiger partial charge in [-0.15, -0.1) is 0 Å². The smallest absolute Gasteiger partial charge is 0.301 e. The lowest BCUT2D eigenvalue weighted by Crippen LogP contribution is -2.28. The van der Waals surface area contributed by atoms with Gasteiger partial charge in [0.05, 0.1) is 11.9 Å². The quantitative estimate of drug-likeness (QED) is 0.740. The molecular weight excluding hydrogens is 330 g/mol. The Morgan fingerprint density at radius 3 is 2.08 bits per heavy atom. The summed E-state index contributed by atoms with van der Waals surface area (Å²) >= 11 is 0. The fourth-order valence-corrected chi connectivity index (χ4v) is 2.36. The summed E-state index contributed by atoms with van der Waals surface area (Å²) in [5.74, 6) is 0.434. The number of amides is 1. The highest BCUT2D eigenvalue weighted by Gasteiger charge is 2.12. The molecule has 2 aromatic rings.